The number of sulfone groups is 1. The molecule has 1 radical (unpaired) electrons. The van der Waals surface area contributed by atoms with Crippen molar-refractivity contribution in [1.29, 1.82) is 0 Å². The van der Waals surface area contributed by atoms with Crippen LogP contribution in [0.1, 0.15) is 6.92 Å². The molecule has 0 saturated carbocycles. The Labute approximate surface area is 43.8 Å². The lowest BCUT2D eigenvalue weighted by molar-refractivity contribution is 0.612. The van der Waals surface area contributed by atoms with Crippen LogP contribution in [0.3, 0.4) is 0 Å². The van der Waals surface area contributed by atoms with Gasteiger partial charge in [0.1, 0.15) is 0 Å². The third kappa shape index (κ3) is 5.69. The van der Waals surface area contributed by atoms with Crippen LogP contribution in [0.4, 0.5) is 0 Å². The summed E-state index contributed by atoms with van der Waals surface area (Å²) in [5.74, 6) is 0. The molecule has 0 heterocycles. The molecular weight excluding hydrogens is 112 g/mol. The third-order valence-electron chi connectivity index (χ3n) is 0.343. The Hall–Kier alpha value is -0.310. The molecule has 7 heavy (non-hydrogen) atoms. The molecule has 0 aliphatic rings. The second kappa shape index (κ2) is 2.12. The van der Waals surface area contributed by atoms with Crippen molar-refractivity contribution in [3.8, 4) is 0 Å². The highest BCUT2D eigenvalue weighted by Crippen LogP contribution is 1.84. The number of hydrogen-bond donors (Lipinski definition) is 0. The fourth-order valence-corrected chi connectivity index (χ4v) is 0.622. The van der Waals surface area contributed by atoms with E-state index in [1.165, 1.54) is 6.08 Å². The average molecular weight is 119 g/mol. The summed E-state index contributed by atoms with van der Waals surface area (Å²) in [5, 5.41) is 1.05. The second-order valence-electron chi connectivity index (χ2n) is 1.13. The predicted molar refractivity (Wildman–Crippen MR) is 29.1 cm³/mol. The molecule has 0 spiro atoms. The van der Waals surface area contributed by atoms with Gasteiger partial charge in [-0.2, -0.15) is 0 Å². The van der Waals surface area contributed by atoms with E-state index in [4.69, 9.17) is 0 Å². The smallest absolute Gasteiger partial charge is 0.172 e. The van der Waals surface area contributed by atoms with Gasteiger partial charge in [-0.1, -0.05) is 6.08 Å². The average Bonchev–Trinajstić information content (AvgIpc) is 1.30. The largest absolute Gasteiger partial charge is 0.224 e. The minimum Gasteiger partial charge on any atom is -0.224 e. The van der Waals surface area contributed by atoms with Gasteiger partial charge in [-0.15, -0.1) is 0 Å². The summed E-state index contributed by atoms with van der Waals surface area (Å²) in [6.45, 7) is 1.63. The molecule has 0 aromatic heterocycles. The fraction of sp³-hybridized carbons (Fsp3) is 0.250. The molecule has 0 aliphatic carbocycles. The van der Waals surface area contributed by atoms with Crippen LogP contribution in [0.2, 0.25) is 0 Å². The van der Waals surface area contributed by atoms with E-state index in [0.29, 0.717) is 0 Å². The number of rotatable bonds is 1. The van der Waals surface area contributed by atoms with Gasteiger partial charge < -0.3 is 0 Å². The molecule has 0 aromatic rings. The summed E-state index contributed by atoms with van der Waals surface area (Å²) in [7, 11) is -3.10. The lowest BCUT2D eigenvalue weighted by Crippen LogP contribution is -1.82. The number of allylic oxidation sites excluding steroid dienone is 1. The van der Waals surface area contributed by atoms with Gasteiger partial charge in [0, 0.05) is 5.41 Å². The third-order valence-corrected chi connectivity index (χ3v) is 1.03. The molecule has 0 saturated heterocycles. The molecule has 3 heteroatoms. The highest BCUT2D eigenvalue weighted by atomic mass is 32.2. The van der Waals surface area contributed by atoms with E-state index in [1.807, 2.05) is 0 Å². The maximum absolute atomic E-state index is 10.0. The van der Waals surface area contributed by atoms with Crippen LogP contribution in [0.25, 0.3) is 0 Å². The molecule has 0 aromatic carbocycles. The minimum atomic E-state index is -3.10. The standard InChI is InChI=1S/C4H7O2S/c1-3-4-7(2,5)6/h3-4H,2H2,1H3. The van der Waals surface area contributed by atoms with Crippen LogP contribution in [0, 0.1) is 6.26 Å². The minimum absolute atomic E-state index is 1.05. The molecule has 0 aliphatic heterocycles. The fourth-order valence-electron chi connectivity index (χ4n) is 0.207. The van der Waals surface area contributed by atoms with Gasteiger partial charge in [-0.3, -0.25) is 0 Å². The Morgan fingerprint density at radius 1 is 1.57 bits per heavy atom. The monoisotopic (exact) mass is 119 g/mol. The van der Waals surface area contributed by atoms with E-state index in [1.54, 1.807) is 6.92 Å². The summed E-state index contributed by atoms with van der Waals surface area (Å²) >= 11 is 0. The van der Waals surface area contributed by atoms with Crippen LogP contribution in [-0.2, 0) is 9.84 Å². The summed E-state index contributed by atoms with van der Waals surface area (Å²) in [4.78, 5) is 0. The Balaban J connectivity index is 4.13. The van der Waals surface area contributed by atoms with Crippen LogP contribution in [-0.4, -0.2) is 8.42 Å². The van der Waals surface area contributed by atoms with Crippen LogP contribution >= 0.6 is 0 Å². The molecule has 0 unspecified atom stereocenters. The van der Waals surface area contributed by atoms with E-state index in [-0.39, 0.29) is 0 Å². The summed E-state index contributed by atoms with van der Waals surface area (Å²) in [6, 6.07) is 0. The van der Waals surface area contributed by atoms with Gasteiger partial charge in [0.05, 0.1) is 6.26 Å². The molecule has 0 bridgehead atoms. The second-order valence-corrected chi connectivity index (χ2v) is 2.73. The summed E-state index contributed by atoms with van der Waals surface area (Å²) in [5.41, 5.74) is 0. The summed E-state index contributed by atoms with van der Waals surface area (Å²) in [6.07, 6.45) is 4.28. The van der Waals surface area contributed by atoms with Crippen LogP contribution in [0.15, 0.2) is 11.5 Å². The van der Waals surface area contributed by atoms with Gasteiger partial charge in [0.15, 0.2) is 9.84 Å². The first kappa shape index (κ1) is 6.69. The van der Waals surface area contributed by atoms with Gasteiger partial charge >= 0.3 is 0 Å². The molecule has 0 atom stereocenters. The topological polar surface area (TPSA) is 34.1 Å². The van der Waals surface area contributed by atoms with Gasteiger partial charge in [0.2, 0.25) is 0 Å². The van der Waals surface area contributed by atoms with E-state index < -0.39 is 9.84 Å². The van der Waals surface area contributed by atoms with Crippen LogP contribution < -0.4 is 0 Å². The SMILES string of the molecule is [CH2]S(=O)(=O)C=CC. The first-order valence-electron chi connectivity index (χ1n) is 1.77. The maximum Gasteiger partial charge on any atom is 0.172 e. The van der Waals surface area contributed by atoms with Crippen molar-refractivity contribution in [2.45, 2.75) is 6.92 Å². The van der Waals surface area contributed by atoms with Crippen molar-refractivity contribution >= 4 is 9.84 Å². The molecule has 0 fully saturated rings. The van der Waals surface area contributed by atoms with Crippen molar-refractivity contribution in [2.75, 3.05) is 0 Å². The lowest BCUT2D eigenvalue weighted by Gasteiger charge is -1.77. The predicted octanol–water partition coefficient (Wildman–Crippen LogP) is 0.726. The molecule has 0 rings (SSSR count). The normalized spacial score (nSPS) is 12.9. The van der Waals surface area contributed by atoms with Crippen molar-refractivity contribution in [1.82, 2.24) is 0 Å². The number of hydrogen-bond acceptors (Lipinski definition) is 2. The summed E-state index contributed by atoms with van der Waals surface area (Å²) < 4.78 is 20.1. The van der Waals surface area contributed by atoms with Gasteiger partial charge in [-0.05, 0) is 6.92 Å². The van der Waals surface area contributed by atoms with Crippen molar-refractivity contribution in [3.63, 3.8) is 0 Å². The van der Waals surface area contributed by atoms with Crippen molar-refractivity contribution in [3.05, 3.63) is 17.7 Å². The van der Waals surface area contributed by atoms with Gasteiger partial charge in [0.25, 0.3) is 0 Å². The molecule has 0 amide bonds. The molecule has 41 valence electrons. The first-order valence-corrected chi connectivity index (χ1v) is 3.48. The first-order chi connectivity index (χ1) is 3.06. The molecule has 0 N–H and O–H groups in total. The van der Waals surface area contributed by atoms with E-state index in [9.17, 15) is 8.42 Å². The Morgan fingerprint density at radius 2 is 2.00 bits per heavy atom. The molecule has 2 nitrogen and oxygen atoms in total. The van der Waals surface area contributed by atoms with Gasteiger partial charge in [-0.25, -0.2) is 8.42 Å². The zero-order valence-electron chi connectivity index (χ0n) is 4.09. The maximum atomic E-state index is 10.0. The zero-order valence-corrected chi connectivity index (χ0v) is 4.90. The van der Waals surface area contributed by atoms with E-state index >= 15 is 0 Å². The zero-order chi connectivity index (χ0) is 5.91. The Kier molecular flexibility index (Phi) is 2.02. The highest BCUT2D eigenvalue weighted by Gasteiger charge is 1.87. The Morgan fingerprint density at radius 3 is 2.00 bits per heavy atom. The van der Waals surface area contributed by atoms with E-state index in [2.05, 4.69) is 6.26 Å². The van der Waals surface area contributed by atoms with E-state index in [0.717, 1.165) is 5.41 Å². The van der Waals surface area contributed by atoms with Crippen LogP contribution in [0.5, 0.6) is 0 Å². The highest BCUT2D eigenvalue weighted by molar-refractivity contribution is 7.95. The quantitative estimate of drug-likeness (QED) is 0.510. The van der Waals surface area contributed by atoms with Crippen molar-refractivity contribution in [2.24, 2.45) is 0 Å². The Bertz CT molecular complexity index is 153. The van der Waals surface area contributed by atoms with Crippen molar-refractivity contribution < 1.29 is 8.42 Å². The molecular formula is C4H7O2S. The lowest BCUT2D eigenvalue weighted by atomic mass is 10.8.